The van der Waals surface area contributed by atoms with Gasteiger partial charge in [0, 0.05) is 34.1 Å². The van der Waals surface area contributed by atoms with Crippen LogP contribution in [0.25, 0.3) is 22.3 Å². The van der Waals surface area contributed by atoms with E-state index in [-0.39, 0.29) is 0 Å². The van der Waals surface area contributed by atoms with Gasteiger partial charge < -0.3 is 9.80 Å². The Labute approximate surface area is 272 Å². The molecule has 0 aliphatic heterocycles. The minimum absolute atomic E-state index is 1.13. The maximum absolute atomic E-state index is 2.35. The first-order valence-electron chi connectivity index (χ1n) is 15.8. The van der Waals surface area contributed by atoms with Crippen molar-refractivity contribution in [3.05, 3.63) is 193 Å². The van der Waals surface area contributed by atoms with E-state index >= 15 is 0 Å². The topological polar surface area (TPSA) is 6.48 Å². The van der Waals surface area contributed by atoms with Gasteiger partial charge in [-0.1, -0.05) is 109 Å². The molecule has 7 rings (SSSR count). The van der Waals surface area contributed by atoms with Crippen molar-refractivity contribution in [3.63, 3.8) is 0 Å². The minimum atomic E-state index is 1.13. The molecule has 222 valence electrons. The van der Waals surface area contributed by atoms with E-state index < -0.39 is 0 Å². The average molecular weight is 593 g/mol. The van der Waals surface area contributed by atoms with Crippen LogP contribution in [0.2, 0.25) is 0 Å². The first-order chi connectivity index (χ1) is 22.7. The van der Waals surface area contributed by atoms with Gasteiger partial charge in [-0.15, -0.1) is 0 Å². The van der Waals surface area contributed by atoms with Crippen LogP contribution < -0.4 is 9.80 Å². The summed E-state index contributed by atoms with van der Waals surface area (Å²) < 4.78 is 0. The van der Waals surface area contributed by atoms with E-state index in [2.05, 4.69) is 206 Å². The molecule has 0 spiro atoms. The van der Waals surface area contributed by atoms with Crippen molar-refractivity contribution in [3.8, 4) is 22.3 Å². The van der Waals surface area contributed by atoms with Crippen molar-refractivity contribution in [2.75, 3.05) is 9.80 Å². The van der Waals surface area contributed by atoms with Gasteiger partial charge in [0.2, 0.25) is 0 Å². The summed E-state index contributed by atoms with van der Waals surface area (Å²) in [5, 5.41) is 0. The number of para-hydroxylation sites is 3. The van der Waals surface area contributed by atoms with E-state index in [1.807, 2.05) is 0 Å². The van der Waals surface area contributed by atoms with E-state index in [4.69, 9.17) is 0 Å². The normalized spacial score (nSPS) is 10.8. The highest BCUT2D eigenvalue weighted by molar-refractivity contribution is 5.83. The largest absolute Gasteiger partial charge is 0.310 e. The molecule has 0 aromatic heterocycles. The molecule has 0 N–H and O–H groups in total. The van der Waals surface area contributed by atoms with Gasteiger partial charge in [-0.25, -0.2) is 0 Å². The zero-order valence-corrected chi connectivity index (χ0v) is 26.2. The molecule has 0 fully saturated rings. The lowest BCUT2D eigenvalue weighted by atomic mass is 9.98. The third-order valence-corrected chi connectivity index (χ3v) is 8.48. The lowest BCUT2D eigenvalue weighted by molar-refractivity contribution is 1.24. The number of nitrogens with zero attached hydrogens (tertiary/aromatic N) is 2. The fourth-order valence-corrected chi connectivity index (χ4v) is 6.19. The van der Waals surface area contributed by atoms with Gasteiger partial charge in [0.15, 0.2) is 0 Å². The third kappa shape index (κ3) is 5.94. The zero-order chi connectivity index (χ0) is 31.3. The van der Waals surface area contributed by atoms with E-state index in [1.165, 1.54) is 39.1 Å². The number of hydrogen-bond donors (Lipinski definition) is 0. The maximum Gasteiger partial charge on any atom is 0.0491 e. The van der Waals surface area contributed by atoms with E-state index in [9.17, 15) is 0 Å². The third-order valence-electron chi connectivity index (χ3n) is 8.48. The Morgan fingerprint density at radius 2 is 0.587 bits per heavy atom. The van der Waals surface area contributed by atoms with Crippen molar-refractivity contribution < 1.29 is 0 Å². The smallest absolute Gasteiger partial charge is 0.0491 e. The molecule has 0 aliphatic rings. The van der Waals surface area contributed by atoms with Crippen LogP contribution in [0.15, 0.2) is 182 Å². The van der Waals surface area contributed by atoms with Gasteiger partial charge in [0.25, 0.3) is 0 Å². The fraction of sp³-hybridized carbons (Fsp3) is 0.0455. The summed E-state index contributed by atoms with van der Waals surface area (Å²) in [7, 11) is 0. The molecule has 7 aromatic carbocycles. The number of benzene rings is 7. The van der Waals surface area contributed by atoms with E-state index in [0.29, 0.717) is 0 Å². The molecule has 0 amide bonds. The highest BCUT2D eigenvalue weighted by atomic mass is 15.1. The molecule has 0 saturated carbocycles. The average Bonchev–Trinajstić information content (AvgIpc) is 3.12. The Bertz CT molecular complexity index is 2000. The van der Waals surface area contributed by atoms with Crippen molar-refractivity contribution >= 4 is 34.1 Å². The van der Waals surface area contributed by atoms with Gasteiger partial charge in [-0.3, -0.25) is 0 Å². The Morgan fingerprint density at radius 3 is 0.957 bits per heavy atom. The Hall–Kier alpha value is -5.86. The van der Waals surface area contributed by atoms with Gasteiger partial charge in [0.1, 0.15) is 0 Å². The first-order valence-corrected chi connectivity index (χ1v) is 15.8. The molecule has 2 nitrogen and oxygen atoms in total. The van der Waals surface area contributed by atoms with Crippen LogP contribution in [-0.2, 0) is 0 Å². The second kappa shape index (κ2) is 13.0. The van der Waals surface area contributed by atoms with Gasteiger partial charge in [-0.2, -0.15) is 0 Å². The molecule has 0 bridgehead atoms. The predicted molar refractivity (Wildman–Crippen MR) is 196 cm³/mol. The van der Waals surface area contributed by atoms with Gasteiger partial charge in [0.05, 0.1) is 0 Å². The number of anilines is 6. The SMILES string of the molecule is Cc1cc(-c2ccc(N(c3ccccc3)c3ccc(-c4ccccc4)cc3)c(C)c2)ccc1N(c1ccccc1)c1ccccc1. The lowest BCUT2D eigenvalue weighted by Gasteiger charge is -2.28. The Balaban J connectivity index is 1.23. The van der Waals surface area contributed by atoms with Gasteiger partial charge >= 0.3 is 0 Å². The van der Waals surface area contributed by atoms with Crippen LogP contribution in [0.4, 0.5) is 34.1 Å². The number of rotatable bonds is 8. The molecule has 0 heterocycles. The van der Waals surface area contributed by atoms with Crippen LogP contribution in [0.1, 0.15) is 11.1 Å². The first kappa shape index (κ1) is 28.9. The summed E-state index contributed by atoms with van der Waals surface area (Å²) in [6, 6.07) is 64.8. The molecule has 46 heavy (non-hydrogen) atoms. The van der Waals surface area contributed by atoms with Crippen molar-refractivity contribution in [1.82, 2.24) is 0 Å². The minimum Gasteiger partial charge on any atom is -0.310 e. The summed E-state index contributed by atoms with van der Waals surface area (Å²) in [6.07, 6.45) is 0. The van der Waals surface area contributed by atoms with Crippen molar-refractivity contribution in [2.24, 2.45) is 0 Å². The number of hydrogen-bond acceptors (Lipinski definition) is 2. The molecule has 2 heteroatoms. The summed E-state index contributed by atoms with van der Waals surface area (Å²) in [6.45, 7) is 4.41. The summed E-state index contributed by atoms with van der Waals surface area (Å²) in [5.74, 6) is 0. The molecule has 0 radical (unpaired) electrons. The summed E-state index contributed by atoms with van der Waals surface area (Å²) >= 11 is 0. The van der Waals surface area contributed by atoms with Crippen LogP contribution in [0.3, 0.4) is 0 Å². The van der Waals surface area contributed by atoms with E-state index in [1.54, 1.807) is 0 Å². The number of aryl methyl sites for hydroxylation is 2. The van der Waals surface area contributed by atoms with Crippen LogP contribution in [0.5, 0.6) is 0 Å². The standard InChI is InChI=1S/C44H36N2/c1-33-31-37(25-29-43(33)45(39-17-9-4-10-18-39)40-19-11-5-12-20-40)38-26-30-44(34(2)32-38)46(41-21-13-6-14-22-41)42-27-23-36(24-28-42)35-15-7-3-8-16-35/h3-32H,1-2H3. The molecule has 0 saturated heterocycles. The van der Waals surface area contributed by atoms with Gasteiger partial charge in [-0.05, 0) is 120 Å². The molecule has 0 atom stereocenters. The van der Waals surface area contributed by atoms with Crippen LogP contribution in [-0.4, -0.2) is 0 Å². The zero-order valence-electron chi connectivity index (χ0n) is 26.2. The lowest BCUT2D eigenvalue weighted by Crippen LogP contribution is -2.11. The molecule has 7 aromatic rings. The second-order valence-electron chi connectivity index (χ2n) is 11.6. The van der Waals surface area contributed by atoms with E-state index in [0.717, 1.165) is 28.4 Å². The van der Waals surface area contributed by atoms with Crippen LogP contribution in [0, 0.1) is 13.8 Å². The quantitative estimate of drug-likeness (QED) is 0.173. The second-order valence-corrected chi connectivity index (χ2v) is 11.6. The van der Waals surface area contributed by atoms with Crippen molar-refractivity contribution in [2.45, 2.75) is 13.8 Å². The maximum atomic E-state index is 2.35. The summed E-state index contributed by atoms with van der Waals surface area (Å²) in [5.41, 5.74) is 14.1. The monoisotopic (exact) mass is 592 g/mol. The molecule has 0 aliphatic carbocycles. The Kier molecular flexibility index (Phi) is 8.17. The summed E-state index contributed by atoms with van der Waals surface area (Å²) in [4.78, 5) is 4.67. The molecular weight excluding hydrogens is 556 g/mol. The van der Waals surface area contributed by atoms with Crippen LogP contribution >= 0.6 is 0 Å². The highest BCUT2D eigenvalue weighted by Crippen LogP contribution is 2.41. The van der Waals surface area contributed by atoms with Crippen molar-refractivity contribution in [1.29, 1.82) is 0 Å². The fourth-order valence-electron chi connectivity index (χ4n) is 6.19. The highest BCUT2D eigenvalue weighted by Gasteiger charge is 2.17. The molecular formula is C44H36N2. The molecule has 0 unspecified atom stereocenters. The predicted octanol–water partition coefficient (Wildman–Crippen LogP) is 12.6. The Morgan fingerprint density at radius 1 is 0.283 bits per heavy atom.